The normalized spacial score (nSPS) is 10.5. The lowest BCUT2D eigenvalue weighted by Crippen LogP contribution is -2.26. The summed E-state index contributed by atoms with van der Waals surface area (Å²) in [6.45, 7) is 2.51. The molecule has 1 amide bonds. The average molecular weight is 339 g/mol. The van der Waals surface area contributed by atoms with Crippen molar-refractivity contribution in [2.24, 2.45) is 0 Å². The third kappa shape index (κ3) is 3.64. The lowest BCUT2D eigenvalue weighted by Gasteiger charge is -2.16. The first-order chi connectivity index (χ1) is 9.10. The lowest BCUT2D eigenvalue weighted by atomic mass is 10.1. The van der Waals surface area contributed by atoms with Crippen molar-refractivity contribution in [3.8, 4) is 0 Å². The number of carbonyl (C=O) groups is 1. The molecule has 2 rings (SSSR count). The molecule has 5 heteroatoms. The number of rotatable bonds is 4. The predicted molar refractivity (Wildman–Crippen MR) is 81.7 cm³/mol. The van der Waals surface area contributed by atoms with Gasteiger partial charge in [0.25, 0.3) is 5.91 Å². The molecule has 19 heavy (non-hydrogen) atoms. The van der Waals surface area contributed by atoms with Crippen LogP contribution < -0.4 is 0 Å². The van der Waals surface area contributed by atoms with Gasteiger partial charge in [0.1, 0.15) is 0 Å². The smallest absolute Gasteiger partial charge is 0.253 e. The summed E-state index contributed by atoms with van der Waals surface area (Å²) in [5, 5.41) is 3.82. The lowest BCUT2D eigenvalue weighted by molar-refractivity contribution is 0.0783. The average Bonchev–Trinajstić information content (AvgIpc) is 2.83. The van der Waals surface area contributed by atoms with E-state index in [0.29, 0.717) is 12.1 Å². The summed E-state index contributed by atoms with van der Waals surface area (Å²) in [5.74, 6) is 0.0202. The Balaban J connectivity index is 2.05. The van der Waals surface area contributed by atoms with Crippen LogP contribution in [0.5, 0.6) is 0 Å². The third-order valence-corrected chi connectivity index (χ3v) is 4.24. The van der Waals surface area contributed by atoms with E-state index in [1.807, 2.05) is 36.6 Å². The Morgan fingerprint density at radius 1 is 1.37 bits per heavy atom. The van der Waals surface area contributed by atoms with Crippen LogP contribution in [0.1, 0.15) is 26.6 Å². The molecule has 100 valence electrons. The molecule has 0 bridgehead atoms. The first kappa shape index (κ1) is 14.2. The van der Waals surface area contributed by atoms with Gasteiger partial charge in [-0.05, 0) is 24.6 Å². The second kappa shape index (κ2) is 6.30. The summed E-state index contributed by atoms with van der Waals surface area (Å²) in [6, 6.07) is 7.65. The van der Waals surface area contributed by atoms with Crippen molar-refractivity contribution in [2.75, 3.05) is 7.05 Å². The number of nitrogens with zero attached hydrogens (tertiary/aromatic N) is 2. The number of carbonyl (C=O) groups excluding carboxylic acids is 1. The molecule has 0 unspecified atom stereocenters. The van der Waals surface area contributed by atoms with Crippen molar-refractivity contribution in [3.63, 3.8) is 0 Å². The van der Waals surface area contributed by atoms with E-state index in [2.05, 4.69) is 20.9 Å². The summed E-state index contributed by atoms with van der Waals surface area (Å²) in [4.78, 5) is 18.3. The molecule has 1 aromatic carbocycles. The summed E-state index contributed by atoms with van der Waals surface area (Å²) < 4.78 is 0. The van der Waals surface area contributed by atoms with E-state index in [1.165, 1.54) is 0 Å². The largest absolute Gasteiger partial charge is 0.336 e. The fourth-order valence-corrected chi connectivity index (χ4v) is 2.73. The van der Waals surface area contributed by atoms with Crippen LogP contribution in [0.2, 0.25) is 0 Å². The Kier molecular flexibility index (Phi) is 4.71. The van der Waals surface area contributed by atoms with E-state index >= 15 is 0 Å². The third-order valence-electron chi connectivity index (χ3n) is 2.77. The quantitative estimate of drug-likeness (QED) is 0.797. The highest BCUT2D eigenvalue weighted by atomic mass is 79.9. The van der Waals surface area contributed by atoms with E-state index in [-0.39, 0.29) is 5.91 Å². The number of aryl methyl sites for hydroxylation is 1. The van der Waals surface area contributed by atoms with Gasteiger partial charge < -0.3 is 4.90 Å². The summed E-state index contributed by atoms with van der Waals surface area (Å²) >= 11 is 5.00. The molecule has 0 saturated heterocycles. The number of halogens is 1. The summed E-state index contributed by atoms with van der Waals surface area (Å²) in [5.41, 5.74) is 2.81. The molecule has 0 aliphatic rings. The number of aromatic nitrogens is 1. The first-order valence-corrected chi connectivity index (χ1v) is 7.91. The fraction of sp³-hybridized carbons (Fsp3) is 0.286. The van der Waals surface area contributed by atoms with Gasteiger partial charge in [0.05, 0.1) is 17.2 Å². The zero-order chi connectivity index (χ0) is 13.8. The molecule has 0 N–H and O–H groups in total. The van der Waals surface area contributed by atoms with E-state index in [1.54, 1.807) is 23.3 Å². The van der Waals surface area contributed by atoms with Crippen LogP contribution in [0.25, 0.3) is 0 Å². The Morgan fingerprint density at radius 2 is 2.05 bits per heavy atom. The minimum atomic E-state index is 0.0202. The monoisotopic (exact) mass is 338 g/mol. The van der Waals surface area contributed by atoms with Crippen molar-refractivity contribution in [3.05, 3.63) is 51.5 Å². The minimum Gasteiger partial charge on any atom is -0.336 e. The maximum absolute atomic E-state index is 12.2. The number of amides is 1. The van der Waals surface area contributed by atoms with Gasteiger partial charge in [0.2, 0.25) is 0 Å². The molecule has 0 radical (unpaired) electrons. The molecular weight excluding hydrogens is 324 g/mol. The van der Waals surface area contributed by atoms with Crippen LogP contribution in [0.3, 0.4) is 0 Å². The highest BCUT2D eigenvalue weighted by molar-refractivity contribution is 9.08. The van der Waals surface area contributed by atoms with Crippen molar-refractivity contribution >= 4 is 33.2 Å². The van der Waals surface area contributed by atoms with Crippen molar-refractivity contribution < 1.29 is 4.79 Å². The second-order valence-electron chi connectivity index (χ2n) is 4.35. The van der Waals surface area contributed by atoms with Gasteiger partial charge in [0, 0.05) is 23.3 Å². The number of hydrogen-bond donors (Lipinski definition) is 0. The van der Waals surface area contributed by atoms with Crippen LogP contribution in [-0.2, 0) is 11.9 Å². The molecule has 0 saturated carbocycles. The van der Waals surface area contributed by atoms with E-state index in [9.17, 15) is 4.79 Å². The van der Waals surface area contributed by atoms with Gasteiger partial charge in [-0.15, -0.1) is 11.3 Å². The molecule has 0 fully saturated rings. The molecule has 1 heterocycles. The molecule has 0 aliphatic heterocycles. The van der Waals surface area contributed by atoms with Crippen molar-refractivity contribution in [1.82, 2.24) is 9.88 Å². The zero-order valence-corrected chi connectivity index (χ0v) is 13.3. The second-order valence-corrected chi connectivity index (χ2v) is 5.97. The van der Waals surface area contributed by atoms with Crippen LogP contribution in [0, 0.1) is 6.92 Å². The summed E-state index contributed by atoms with van der Waals surface area (Å²) in [6.07, 6.45) is 0. The minimum absolute atomic E-state index is 0.0202. The Morgan fingerprint density at radius 3 is 2.58 bits per heavy atom. The Hall–Kier alpha value is -1.20. The highest BCUT2D eigenvalue weighted by Crippen LogP contribution is 2.13. The SMILES string of the molecule is Cc1nc(CN(C)C(=O)c2ccc(CBr)cc2)cs1. The van der Waals surface area contributed by atoms with Crippen LogP contribution >= 0.6 is 27.3 Å². The standard InChI is InChI=1S/C14H15BrN2OS/c1-10-16-13(9-19-10)8-17(2)14(18)12-5-3-11(7-15)4-6-12/h3-6,9H,7-8H2,1-2H3. The summed E-state index contributed by atoms with van der Waals surface area (Å²) in [7, 11) is 1.80. The molecule has 0 atom stereocenters. The molecule has 0 aliphatic carbocycles. The maximum atomic E-state index is 12.2. The molecule has 1 aromatic heterocycles. The van der Waals surface area contributed by atoms with E-state index in [4.69, 9.17) is 0 Å². The van der Waals surface area contributed by atoms with Crippen LogP contribution in [0.4, 0.5) is 0 Å². The van der Waals surface area contributed by atoms with Gasteiger partial charge in [-0.1, -0.05) is 28.1 Å². The zero-order valence-electron chi connectivity index (χ0n) is 10.9. The van der Waals surface area contributed by atoms with Gasteiger partial charge >= 0.3 is 0 Å². The Bertz CT molecular complexity index is 565. The molecular formula is C14H15BrN2OS. The van der Waals surface area contributed by atoms with Crippen molar-refractivity contribution in [1.29, 1.82) is 0 Å². The predicted octanol–water partition coefficient (Wildman–Crippen LogP) is 3.62. The Labute approximate surface area is 125 Å². The fourth-order valence-electron chi connectivity index (χ4n) is 1.75. The van der Waals surface area contributed by atoms with Crippen LogP contribution in [0.15, 0.2) is 29.6 Å². The van der Waals surface area contributed by atoms with Gasteiger partial charge in [0.15, 0.2) is 0 Å². The van der Waals surface area contributed by atoms with Gasteiger partial charge in [-0.2, -0.15) is 0 Å². The number of alkyl halides is 1. The number of thiazole rings is 1. The van der Waals surface area contributed by atoms with E-state index < -0.39 is 0 Å². The highest BCUT2D eigenvalue weighted by Gasteiger charge is 2.13. The van der Waals surface area contributed by atoms with Gasteiger partial charge in [-0.25, -0.2) is 4.98 Å². The number of hydrogen-bond acceptors (Lipinski definition) is 3. The molecule has 2 aromatic rings. The van der Waals surface area contributed by atoms with Gasteiger partial charge in [-0.3, -0.25) is 4.79 Å². The number of benzene rings is 1. The van der Waals surface area contributed by atoms with Crippen LogP contribution in [-0.4, -0.2) is 22.8 Å². The molecule has 0 spiro atoms. The topological polar surface area (TPSA) is 33.2 Å². The molecule has 3 nitrogen and oxygen atoms in total. The van der Waals surface area contributed by atoms with Crippen molar-refractivity contribution in [2.45, 2.75) is 18.8 Å². The first-order valence-electron chi connectivity index (χ1n) is 5.91. The maximum Gasteiger partial charge on any atom is 0.253 e. The van der Waals surface area contributed by atoms with E-state index in [0.717, 1.165) is 21.6 Å².